The molecule has 0 aliphatic heterocycles. The van der Waals surface area contributed by atoms with Crippen molar-refractivity contribution in [2.45, 2.75) is 20.0 Å². The van der Waals surface area contributed by atoms with Crippen LogP contribution in [0.15, 0.2) is 16.6 Å². The van der Waals surface area contributed by atoms with Gasteiger partial charge in [0.1, 0.15) is 0 Å². The van der Waals surface area contributed by atoms with Crippen LogP contribution in [0.5, 0.6) is 6.01 Å². The number of benzene rings is 1. The second kappa shape index (κ2) is 6.96. The maximum Gasteiger partial charge on any atom is 0.322 e. The fourth-order valence-electron chi connectivity index (χ4n) is 1.39. The van der Waals surface area contributed by atoms with Gasteiger partial charge in [-0.05, 0) is 53.5 Å². The third-order valence-corrected chi connectivity index (χ3v) is 4.15. The molecule has 0 fully saturated rings. The van der Waals surface area contributed by atoms with Crippen molar-refractivity contribution >= 4 is 62.4 Å². The summed E-state index contributed by atoms with van der Waals surface area (Å²) >= 11 is 21.3. The van der Waals surface area contributed by atoms with Crippen LogP contribution in [-0.2, 0) is 0 Å². The molecule has 0 aliphatic rings. The van der Waals surface area contributed by atoms with Crippen molar-refractivity contribution in [1.82, 2.24) is 15.0 Å². The molecule has 2 aromatic rings. The van der Waals surface area contributed by atoms with Crippen LogP contribution in [0.4, 0.5) is 11.6 Å². The van der Waals surface area contributed by atoms with Gasteiger partial charge in [0.05, 0.1) is 21.8 Å². The zero-order valence-corrected chi connectivity index (χ0v) is 14.8. The normalized spacial score (nSPS) is 10.8. The highest BCUT2D eigenvalue weighted by Crippen LogP contribution is 2.36. The molecule has 5 nitrogen and oxygen atoms in total. The van der Waals surface area contributed by atoms with Crippen LogP contribution < -0.4 is 10.1 Å². The molecule has 112 valence electrons. The number of aromatic nitrogens is 3. The third-order valence-electron chi connectivity index (χ3n) is 2.21. The van der Waals surface area contributed by atoms with Crippen LogP contribution in [0.1, 0.15) is 13.8 Å². The summed E-state index contributed by atoms with van der Waals surface area (Å²) in [6, 6.07) is 3.62. The van der Waals surface area contributed by atoms with Gasteiger partial charge >= 0.3 is 6.01 Å². The van der Waals surface area contributed by atoms with Gasteiger partial charge in [0, 0.05) is 4.47 Å². The van der Waals surface area contributed by atoms with Gasteiger partial charge in [-0.25, -0.2) is 0 Å². The Bertz CT molecular complexity index is 669. The number of rotatable bonds is 4. The minimum absolute atomic E-state index is 0.0162. The summed E-state index contributed by atoms with van der Waals surface area (Å²) in [4.78, 5) is 12.0. The summed E-state index contributed by atoms with van der Waals surface area (Å²) in [5.41, 5.74) is 0.544. The van der Waals surface area contributed by atoms with Crippen molar-refractivity contribution in [2.24, 2.45) is 0 Å². The van der Waals surface area contributed by atoms with Gasteiger partial charge in [-0.2, -0.15) is 15.0 Å². The molecule has 0 saturated carbocycles. The lowest BCUT2D eigenvalue weighted by Crippen LogP contribution is -2.10. The highest BCUT2D eigenvalue weighted by molar-refractivity contribution is 9.10. The summed E-state index contributed by atoms with van der Waals surface area (Å²) in [5.74, 6) is 0.214. The number of ether oxygens (including phenoxy) is 1. The van der Waals surface area contributed by atoms with E-state index in [4.69, 9.17) is 39.5 Å². The Hall–Kier alpha value is -0.820. The van der Waals surface area contributed by atoms with Gasteiger partial charge in [0.15, 0.2) is 0 Å². The predicted octanol–water partition coefficient (Wildman–Crippen LogP) is 5.13. The van der Waals surface area contributed by atoms with Gasteiger partial charge < -0.3 is 10.1 Å². The first-order chi connectivity index (χ1) is 9.86. The van der Waals surface area contributed by atoms with Gasteiger partial charge in [-0.1, -0.05) is 23.2 Å². The van der Waals surface area contributed by atoms with E-state index in [1.54, 1.807) is 12.1 Å². The van der Waals surface area contributed by atoms with Crippen LogP contribution >= 0.6 is 50.7 Å². The lowest BCUT2D eigenvalue weighted by atomic mass is 10.3. The summed E-state index contributed by atoms with van der Waals surface area (Å²) < 4.78 is 6.09. The molecule has 0 bridgehead atoms. The molecule has 1 aromatic heterocycles. The number of halogens is 4. The van der Waals surface area contributed by atoms with Crippen molar-refractivity contribution < 1.29 is 4.74 Å². The largest absolute Gasteiger partial charge is 0.461 e. The van der Waals surface area contributed by atoms with Gasteiger partial charge in [0.2, 0.25) is 11.2 Å². The zero-order valence-electron chi connectivity index (χ0n) is 11.0. The number of hydrogen-bond acceptors (Lipinski definition) is 5. The molecule has 0 aliphatic carbocycles. The molecule has 0 unspecified atom stereocenters. The topological polar surface area (TPSA) is 59.9 Å². The number of hydrogen-bond donors (Lipinski definition) is 1. The fourth-order valence-corrected chi connectivity index (χ4v) is 2.37. The van der Waals surface area contributed by atoms with Crippen molar-refractivity contribution in [3.05, 3.63) is 31.9 Å². The second-order valence-electron chi connectivity index (χ2n) is 4.23. The second-order valence-corrected chi connectivity index (χ2v) is 6.17. The van der Waals surface area contributed by atoms with E-state index in [9.17, 15) is 0 Å². The lowest BCUT2D eigenvalue weighted by Gasteiger charge is -2.11. The average Bonchev–Trinajstić information content (AvgIpc) is 2.38. The van der Waals surface area contributed by atoms with E-state index in [1.807, 2.05) is 13.8 Å². The Morgan fingerprint density at radius 1 is 1.10 bits per heavy atom. The zero-order chi connectivity index (χ0) is 15.6. The molecule has 0 atom stereocenters. The summed E-state index contributed by atoms with van der Waals surface area (Å²) in [5, 5.41) is 3.68. The Balaban J connectivity index is 2.31. The molecular weight excluding hydrogens is 402 g/mol. The summed E-state index contributed by atoms with van der Waals surface area (Å²) in [6.45, 7) is 3.71. The minimum atomic E-state index is -0.0815. The van der Waals surface area contributed by atoms with Crippen molar-refractivity contribution in [2.75, 3.05) is 5.32 Å². The highest BCUT2D eigenvalue weighted by Gasteiger charge is 2.12. The van der Waals surface area contributed by atoms with Crippen molar-refractivity contribution in [3.63, 3.8) is 0 Å². The van der Waals surface area contributed by atoms with Crippen molar-refractivity contribution in [1.29, 1.82) is 0 Å². The van der Waals surface area contributed by atoms with Gasteiger partial charge in [-0.15, -0.1) is 0 Å². The Kier molecular flexibility index (Phi) is 5.48. The lowest BCUT2D eigenvalue weighted by molar-refractivity contribution is 0.222. The molecule has 0 spiro atoms. The maximum absolute atomic E-state index is 6.15. The Labute approximate surface area is 145 Å². The molecule has 21 heavy (non-hydrogen) atoms. The van der Waals surface area contributed by atoms with Crippen LogP contribution in [0.3, 0.4) is 0 Å². The summed E-state index contributed by atoms with van der Waals surface area (Å²) in [7, 11) is 0. The van der Waals surface area contributed by atoms with Gasteiger partial charge in [0.25, 0.3) is 0 Å². The predicted molar refractivity (Wildman–Crippen MR) is 88.0 cm³/mol. The summed E-state index contributed by atoms with van der Waals surface area (Å²) in [6.07, 6.45) is -0.0815. The van der Waals surface area contributed by atoms with E-state index < -0.39 is 0 Å². The molecule has 0 radical (unpaired) electrons. The van der Waals surface area contributed by atoms with E-state index in [0.29, 0.717) is 20.2 Å². The standard InChI is InChI=1S/C12H10BrCl3N4O/c1-5(2)21-12-19-10(16)18-11(20-12)17-7-4-3-6(13)8(14)9(7)15/h3-5H,1-2H3,(H,17,18,19,20). The number of nitrogens with one attached hydrogen (secondary N) is 1. The third kappa shape index (κ3) is 4.32. The first-order valence-electron chi connectivity index (χ1n) is 5.85. The fraction of sp³-hybridized carbons (Fsp3) is 0.250. The van der Waals surface area contributed by atoms with Crippen LogP contribution in [0.2, 0.25) is 15.3 Å². The Morgan fingerprint density at radius 2 is 1.81 bits per heavy atom. The smallest absolute Gasteiger partial charge is 0.322 e. The maximum atomic E-state index is 6.15. The van der Waals surface area contributed by atoms with Crippen LogP contribution in [0, 0.1) is 0 Å². The van der Waals surface area contributed by atoms with Gasteiger partial charge in [-0.3, -0.25) is 0 Å². The number of anilines is 2. The first-order valence-corrected chi connectivity index (χ1v) is 7.78. The monoisotopic (exact) mass is 410 g/mol. The molecule has 1 aromatic carbocycles. The molecule has 1 N–H and O–H groups in total. The Morgan fingerprint density at radius 3 is 2.48 bits per heavy atom. The number of nitrogens with zero attached hydrogens (tertiary/aromatic N) is 3. The average molecular weight is 413 g/mol. The SMILES string of the molecule is CC(C)Oc1nc(Cl)nc(Nc2ccc(Br)c(Cl)c2Cl)n1. The van der Waals surface area contributed by atoms with E-state index >= 15 is 0 Å². The first kappa shape index (κ1) is 16.5. The molecule has 1 heterocycles. The van der Waals surface area contributed by atoms with Crippen LogP contribution in [-0.4, -0.2) is 21.1 Å². The quantitative estimate of drug-likeness (QED) is 0.706. The minimum Gasteiger partial charge on any atom is -0.461 e. The van der Waals surface area contributed by atoms with E-state index in [2.05, 4.69) is 36.2 Å². The van der Waals surface area contributed by atoms with E-state index in [-0.39, 0.29) is 23.3 Å². The molecule has 9 heteroatoms. The van der Waals surface area contributed by atoms with E-state index in [1.165, 1.54) is 0 Å². The van der Waals surface area contributed by atoms with Crippen LogP contribution in [0.25, 0.3) is 0 Å². The molecule has 0 saturated heterocycles. The highest BCUT2D eigenvalue weighted by atomic mass is 79.9. The molecular formula is C12H10BrCl3N4O. The van der Waals surface area contributed by atoms with E-state index in [0.717, 1.165) is 0 Å². The molecule has 0 amide bonds. The molecule has 2 rings (SSSR count). The van der Waals surface area contributed by atoms with Crippen molar-refractivity contribution in [3.8, 4) is 6.01 Å².